The number of benzene rings is 1. The third-order valence-electron chi connectivity index (χ3n) is 2.41. The highest BCUT2D eigenvalue weighted by Gasteiger charge is 2.21. The van der Waals surface area contributed by atoms with Crippen molar-refractivity contribution in [2.45, 2.75) is 18.9 Å². The maximum atomic E-state index is 11.7. The Balaban J connectivity index is 2.68. The number of hydrogen-bond acceptors (Lipinski definition) is 4. The second-order valence-electron chi connectivity index (χ2n) is 3.92. The number of carbonyl (C=O) groups excluding carboxylic acids is 2. The van der Waals surface area contributed by atoms with Crippen LogP contribution in [0.5, 0.6) is 5.75 Å². The van der Waals surface area contributed by atoms with Gasteiger partial charge in [0.25, 0.3) is 5.91 Å². The standard InChI is InChI=1S/C12H14N2O5/c13-10(16)6-5-9(12(18)19)14-11(17)7-1-3-8(15)4-2-7/h1-4,9,15H,5-6H2,(H2,13,16)(H,14,17)(H,18,19). The Labute approximate surface area is 109 Å². The fourth-order valence-electron chi connectivity index (χ4n) is 1.40. The number of rotatable bonds is 6. The quantitative estimate of drug-likeness (QED) is 0.568. The van der Waals surface area contributed by atoms with Gasteiger partial charge in [0.1, 0.15) is 11.8 Å². The molecule has 102 valence electrons. The van der Waals surface area contributed by atoms with E-state index in [2.05, 4.69) is 5.32 Å². The molecule has 0 heterocycles. The largest absolute Gasteiger partial charge is 0.508 e. The van der Waals surface area contributed by atoms with E-state index >= 15 is 0 Å². The van der Waals surface area contributed by atoms with Crippen LogP contribution in [0, 0.1) is 0 Å². The number of amides is 2. The van der Waals surface area contributed by atoms with Gasteiger partial charge in [0.2, 0.25) is 5.91 Å². The van der Waals surface area contributed by atoms with Crippen molar-refractivity contribution in [2.24, 2.45) is 5.73 Å². The molecule has 1 aromatic rings. The molecule has 0 fully saturated rings. The fourth-order valence-corrected chi connectivity index (χ4v) is 1.40. The van der Waals surface area contributed by atoms with Crippen molar-refractivity contribution in [3.05, 3.63) is 29.8 Å². The van der Waals surface area contributed by atoms with Crippen molar-refractivity contribution in [2.75, 3.05) is 0 Å². The molecule has 0 aliphatic heterocycles. The van der Waals surface area contributed by atoms with E-state index in [1.54, 1.807) is 0 Å². The van der Waals surface area contributed by atoms with E-state index in [1.165, 1.54) is 24.3 Å². The third-order valence-corrected chi connectivity index (χ3v) is 2.41. The maximum Gasteiger partial charge on any atom is 0.326 e. The van der Waals surface area contributed by atoms with E-state index in [0.29, 0.717) is 0 Å². The van der Waals surface area contributed by atoms with Crippen molar-refractivity contribution < 1.29 is 24.6 Å². The minimum Gasteiger partial charge on any atom is -0.508 e. The van der Waals surface area contributed by atoms with E-state index < -0.39 is 23.8 Å². The number of carboxylic acid groups (broad SMARTS) is 1. The highest BCUT2D eigenvalue weighted by Crippen LogP contribution is 2.10. The maximum absolute atomic E-state index is 11.7. The van der Waals surface area contributed by atoms with Crippen LogP contribution in [0.4, 0.5) is 0 Å². The van der Waals surface area contributed by atoms with E-state index in [-0.39, 0.29) is 24.2 Å². The zero-order valence-electron chi connectivity index (χ0n) is 10.00. The van der Waals surface area contributed by atoms with Gasteiger partial charge < -0.3 is 21.3 Å². The van der Waals surface area contributed by atoms with Crippen LogP contribution in [-0.2, 0) is 9.59 Å². The zero-order chi connectivity index (χ0) is 14.4. The molecule has 1 rings (SSSR count). The molecule has 0 aromatic heterocycles. The van der Waals surface area contributed by atoms with Crippen LogP contribution in [0.3, 0.4) is 0 Å². The number of phenols is 1. The molecule has 0 bridgehead atoms. The molecule has 1 unspecified atom stereocenters. The van der Waals surface area contributed by atoms with Crippen molar-refractivity contribution >= 4 is 17.8 Å². The molecule has 19 heavy (non-hydrogen) atoms. The van der Waals surface area contributed by atoms with E-state index in [0.717, 1.165) is 0 Å². The van der Waals surface area contributed by atoms with Crippen LogP contribution in [0.1, 0.15) is 23.2 Å². The Morgan fingerprint density at radius 3 is 2.26 bits per heavy atom. The topological polar surface area (TPSA) is 130 Å². The summed E-state index contributed by atoms with van der Waals surface area (Å²) in [5, 5.41) is 20.3. The van der Waals surface area contributed by atoms with Gasteiger partial charge in [0, 0.05) is 12.0 Å². The number of carbonyl (C=O) groups is 3. The first-order valence-electron chi connectivity index (χ1n) is 5.51. The Bertz CT molecular complexity index is 483. The molecule has 0 saturated carbocycles. The minimum atomic E-state index is -1.24. The van der Waals surface area contributed by atoms with Gasteiger partial charge in [0.15, 0.2) is 0 Å². The van der Waals surface area contributed by atoms with Crippen molar-refractivity contribution in [3.8, 4) is 5.75 Å². The molecule has 1 atom stereocenters. The number of nitrogens with two attached hydrogens (primary N) is 1. The van der Waals surface area contributed by atoms with Crippen LogP contribution >= 0.6 is 0 Å². The van der Waals surface area contributed by atoms with Crippen molar-refractivity contribution in [1.29, 1.82) is 0 Å². The summed E-state index contributed by atoms with van der Waals surface area (Å²) < 4.78 is 0. The van der Waals surface area contributed by atoms with Gasteiger partial charge >= 0.3 is 5.97 Å². The summed E-state index contributed by atoms with van der Waals surface area (Å²) in [5.41, 5.74) is 5.14. The lowest BCUT2D eigenvalue weighted by atomic mass is 10.1. The summed E-state index contributed by atoms with van der Waals surface area (Å²) in [6, 6.07) is 4.16. The lowest BCUT2D eigenvalue weighted by molar-refractivity contribution is -0.139. The van der Waals surface area contributed by atoms with Gasteiger partial charge in [-0.15, -0.1) is 0 Å². The first-order chi connectivity index (χ1) is 8.90. The molecular weight excluding hydrogens is 252 g/mol. The highest BCUT2D eigenvalue weighted by molar-refractivity contribution is 5.96. The lowest BCUT2D eigenvalue weighted by Gasteiger charge is -2.13. The molecular formula is C12H14N2O5. The number of phenolic OH excluding ortho intramolecular Hbond substituents is 1. The summed E-state index contributed by atoms with van der Waals surface area (Å²) in [6.07, 6.45) is -0.207. The van der Waals surface area contributed by atoms with E-state index in [1.807, 2.05) is 0 Å². The Kier molecular flexibility index (Phi) is 4.87. The lowest BCUT2D eigenvalue weighted by Crippen LogP contribution is -2.41. The number of aromatic hydroxyl groups is 1. The molecule has 0 saturated heterocycles. The first kappa shape index (κ1) is 14.5. The molecule has 5 N–H and O–H groups in total. The third kappa shape index (κ3) is 4.66. The van der Waals surface area contributed by atoms with Crippen molar-refractivity contribution in [1.82, 2.24) is 5.32 Å². The molecule has 0 aliphatic carbocycles. The van der Waals surface area contributed by atoms with Gasteiger partial charge in [-0.1, -0.05) is 0 Å². The molecule has 2 amide bonds. The monoisotopic (exact) mass is 266 g/mol. The van der Waals surface area contributed by atoms with Gasteiger partial charge in [0.05, 0.1) is 0 Å². The summed E-state index contributed by atoms with van der Waals surface area (Å²) in [5.74, 6) is -2.48. The molecule has 7 nitrogen and oxygen atoms in total. The number of aliphatic carboxylic acids is 1. The van der Waals surface area contributed by atoms with Gasteiger partial charge in [-0.3, -0.25) is 9.59 Å². The van der Waals surface area contributed by atoms with Gasteiger partial charge in [-0.05, 0) is 30.7 Å². The predicted molar refractivity (Wildman–Crippen MR) is 65.4 cm³/mol. The van der Waals surface area contributed by atoms with E-state index in [4.69, 9.17) is 15.9 Å². The Hall–Kier alpha value is -2.57. The minimum absolute atomic E-state index is 0.0000584. The van der Waals surface area contributed by atoms with Crippen molar-refractivity contribution in [3.63, 3.8) is 0 Å². The Morgan fingerprint density at radius 1 is 1.21 bits per heavy atom. The smallest absolute Gasteiger partial charge is 0.326 e. The summed E-state index contributed by atoms with van der Waals surface area (Å²) in [4.78, 5) is 33.3. The second kappa shape index (κ2) is 6.39. The average Bonchev–Trinajstić information content (AvgIpc) is 2.34. The second-order valence-corrected chi connectivity index (χ2v) is 3.92. The Morgan fingerprint density at radius 2 is 1.79 bits per heavy atom. The molecule has 0 radical (unpaired) electrons. The molecule has 1 aromatic carbocycles. The average molecular weight is 266 g/mol. The van der Waals surface area contributed by atoms with Crippen LogP contribution in [0.25, 0.3) is 0 Å². The number of hydrogen-bond donors (Lipinski definition) is 4. The molecule has 7 heteroatoms. The van der Waals surface area contributed by atoms with Crippen LogP contribution in [0.15, 0.2) is 24.3 Å². The summed E-state index contributed by atoms with van der Waals surface area (Å²) in [7, 11) is 0. The fraction of sp³-hybridized carbons (Fsp3) is 0.250. The van der Waals surface area contributed by atoms with Gasteiger partial charge in [-0.2, -0.15) is 0 Å². The number of carboxylic acids is 1. The molecule has 0 spiro atoms. The normalized spacial score (nSPS) is 11.6. The summed E-state index contributed by atoms with van der Waals surface area (Å²) in [6.45, 7) is 0. The van der Waals surface area contributed by atoms with Crippen LogP contribution < -0.4 is 11.1 Å². The summed E-state index contributed by atoms with van der Waals surface area (Å²) >= 11 is 0. The van der Waals surface area contributed by atoms with E-state index in [9.17, 15) is 14.4 Å². The molecule has 0 aliphatic rings. The SMILES string of the molecule is NC(=O)CCC(NC(=O)c1ccc(O)cc1)C(=O)O. The number of nitrogens with one attached hydrogen (secondary N) is 1. The van der Waals surface area contributed by atoms with Crippen LogP contribution in [-0.4, -0.2) is 34.0 Å². The highest BCUT2D eigenvalue weighted by atomic mass is 16.4. The van der Waals surface area contributed by atoms with Gasteiger partial charge in [-0.25, -0.2) is 4.79 Å². The predicted octanol–water partition coefficient (Wildman–Crippen LogP) is -0.159. The zero-order valence-corrected chi connectivity index (χ0v) is 10.00. The van der Waals surface area contributed by atoms with Crippen LogP contribution in [0.2, 0.25) is 0 Å². The number of primary amides is 1. The first-order valence-corrected chi connectivity index (χ1v) is 5.51.